The van der Waals surface area contributed by atoms with Gasteiger partial charge in [0.25, 0.3) is 0 Å². The number of halogens is 1. The van der Waals surface area contributed by atoms with Gasteiger partial charge in [-0.2, -0.15) is 0 Å². The van der Waals surface area contributed by atoms with Crippen LogP contribution < -0.4 is 0 Å². The highest BCUT2D eigenvalue weighted by Gasteiger charge is 1.89. The maximum atomic E-state index is 10.0. The quantitative estimate of drug-likeness (QED) is 0.646. The Labute approximate surface area is 78.4 Å². The minimum absolute atomic E-state index is 0.469. The van der Waals surface area contributed by atoms with Gasteiger partial charge in [-0.3, -0.25) is 0 Å². The SMILES string of the molecule is CC.O=CCc1ccc(Cl)cc1. The van der Waals surface area contributed by atoms with Gasteiger partial charge in [-0.15, -0.1) is 0 Å². The molecule has 1 nitrogen and oxygen atoms in total. The predicted octanol–water partition coefficient (Wildman–Crippen LogP) is 3.11. The van der Waals surface area contributed by atoms with Crippen LogP contribution in [0.1, 0.15) is 19.4 Å². The summed E-state index contributed by atoms with van der Waals surface area (Å²) < 4.78 is 0. The molecule has 0 N–H and O–H groups in total. The number of carbonyl (C=O) groups is 1. The molecule has 0 radical (unpaired) electrons. The third kappa shape index (κ3) is 4.14. The summed E-state index contributed by atoms with van der Waals surface area (Å²) in [5, 5.41) is 0.703. The molecule has 0 saturated heterocycles. The van der Waals surface area contributed by atoms with Crippen molar-refractivity contribution in [2.75, 3.05) is 0 Å². The molecule has 1 rings (SSSR count). The van der Waals surface area contributed by atoms with E-state index in [2.05, 4.69) is 0 Å². The van der Waals surface area contributed by atoms with Crippen molar-refractivity contribution in [1.29, 1.82) is 0 Å². The Morgan fingerprint density at radius 3 is 2.17 bits per heavy atom. The molecule has 0 aliphatic rings. The van der Waals surface area contributed by atoms with Crippen molar-refractivity contribution in [2.24, 2.45) is 0 Å². The summed E-state index contributed by atoms with van der Waals surface area (Å²) in [7, 11) is 0. The number of benzene rings is 1. The van der Waals surface area contributed by atoms with E-state index in [0.717, 1.165) is 11.8 Å². The number of hydrogen-bond donors (Lipinski definition) is 0. The Hall–Kier alpha value is -0.820. The molecule has 0 aliphatic heterocycles. The second-order valence-electron chi connectivity index (χ2n) is 2.00. The van der Waals surface area contributed by atoms with Crippen LogP contribution in [0.5, 0.6) is 0 Å². The molecule has 0 atom stereocenters. The smallest absolute Gasteiger partial charge is 0.124 e. The molecule has 2 heteroatoms. The molecule has 1 aromatic carbocycles. The van der Waals surface area contributed by atoms with Crippen LogP contribution in [0, 0.1) is 0 Å². The van der Waals surface area contributed by atoms with Crippen LogP contribution in [0.2, 0.25) is 5.02 Å². The first-order valence-electron chi connectivity index (χ1n) is 4.01. The van der Waals surface area contributed by atoms with Crippen LogP contribution in [0.15, 0.2) is 24.3 Å². The Morgan fingerprint density at radius 2 is 1.75 bits per heavy atom. The standard InChI is InChI=1S/C8H7ClO.C2H6/c9-8-3-1-7(2-4-8)5-6-10;1-2/h1-4,6H,5H2;1-2H3. The highest BCUT2D eigenvalue weighted by Crippen LogP contribution is 2.08. The summed E-state index contributed by atoms with van der Waals surface area (Å²) in [4.78, 5) is 10.0. The molecular weight excluding hydrogens is 172 g/mol. The van der Waals surface area contributed by atoms with Crippen molar-refractivity contribution in [1.82, 2.24) is 0 Å². The molecule has 0 fully saturated rings. The van der Waals surface area contributed by atoms with E-state index < -0.39 is 0 Å². The lowest BCUT2D eigenvalue weighted by Crippen LogP contribution is -1.83. The first-order valence-corrected chi connectivity index (χ1v) is 4.39. The minimum atomic E-state index is 0.469. The van der Waals surface area contributed by atoms with Gasteiger partial charge in [-0.05, 0) is 17.7 Å². The average molecular weight is 185 g/mol. The molecule has 1 aromatic rings. The van der Waals surface area contributed by atoms with E-state index in [1.54, 1.807) is 12.1 Å². The molecule has 0 heterocycles. The lowest BCUT2D eigenvalue weighted by atomic mass is 10.2. The molecule has 0 saturated carbocycles. The Bertz CT molecular complexity index is 216. The van der Waals surface area contributed by atoms with Crippen molar-refractivity contribution in [3.8, 4) is 0 Å². The van der Waals surface area contributed by atoms with Crippen LogP contribution in [0.25, 0.3) is 0 Å². The van der Waals surface area contributed by atoms with Gasteiger partial charge in [0, 0.05) is 11.4 Å². The van der Waals surface area contributed by atoms with Gasteiger partial charge in [0.05, 0.1) is 0 Å². The zero-order valence-corrected chi connectivity index (χ0v) is 8.14. The minimum Gasteiger partial charge on any atom is -0.303 e. The molecule has 0 amide bonds. The van der Waals surface area contributed by atoms with Gasteiger partial charge in [-0.1, -0.05) is 37.6 Å². The largest absolute Gasteiger partial charge is 0.303 e. The van der Waals surface area contributed by atoms with Gasteiger partial charge in [0.1, 0.15) is 6.29 Å². The van der Waals surface area contributed by atoms with Crippen molar-refractivity contribution >= 4 is 17.9 Å². The van der Waals surface area contributed by atoms with Crippen LogP contribution >= 0.6 is 11.6 Å². The van der Waals surface area contributed by atoms with Crippen LogP contribution in [-0.2, 0) is 11.2 Å². The van der Waals surface area contributed by atoms with Gasteiger partial charge in [-0.25, -0.2) is 0 Å². The summed E-state index contributed by atoms with van der Waals surface area (Å²) in [5.41, 5.74) is 0.999. The monoisotopic (exact) mass is 184 g/mol. The molecule has 0 aliphatic carbocycles. The molecule has 0 aromatic heterocycles. The first-order chi connectivity index (χ1) is 5.83. The van der Waals surface area contributed by atoms with Crippen molar-refractivity contribution < 1.29 is 4.79 Å². The summed E-state index contributed by atoms with van der Waals surface area (Å²) in [6.45, 7) is 4.00. The molecular formula is C10H13ClO. The Morgan fingerprint density at radius 1 is 1.25 bits per heavy atom. The van der Waals surface area contributed by atoms with Gasteiger partial charge >= 0.3 is 0 Å². The topological polar surface area (TPSA) is 17.1 Å². The normalized spacial score (nSPS) is 8.25. The summed E-state index contributed by atoms with van der Waals surface area (Å²) in [6, 6.07) is 7.24. The number of carbonyl (C=O) groups excluding carboxylic acids is 1. The van der Waals surface area contributed by atoms with Crippen molar-refractivity contribution in [3.63, 3.8) is 0 Å². The highest BCUT2D eigenvalue weighted by atomic mass is 35.5. The van der Waals surface area contributed by atoms with E-state index in [0.29, 0.717) is 11.4 Å². The maximum absolute atomic E-state index is 10.0. The maximum Gasteiger partial charge on any atom is 0.124 e. The van der Waals surface area contributed by atoms with Crippen molar-refractivity contribution in [3.05, 3.63) is 34.9 Å². The number of hydrogen-bond acceptors (Lipinski definition) is 1. The lowest BCUT2D eigenvalue weighted by Gasteiger charge is -1.92. The van der Waals surface area contributed by atoms with Gasteiger partial charge in [0.2, 0.25) is 0 Å². The van der Waals surface area contributed by atoms with Crippen LogP contribution in [-0.4, -0.2) is 6.29 Å². The van der Waals surface area contributed by atoms with Crippen LogP contribution in [0.3, 0.4) is 0 Å². The zero-order valence-electron chi connectivity index (χ0n) is 7.38. The van der Waals surface area contributed by atoms with Crippen molar-refractivity contribution in [2.45, 2.75) is 20.3 Å². The van der Waals surface area contributed by atoms with Gasteiger partial charge < -0.3 is 4.79 Å². The second kappa shape index (κ2) is 6.86. The molecule has 12 heavy (non-hydrogen) atoms. The summed E-state index contributed by atoms with van der Waals surface area (Å²) in [6.07, 6.45) is 1.35. The fourth-order valence-electron chi connectivity index (χ4n) is 0.717. The lowest BCUT2D eigenvalue weighted by molar-refractivity contribution is -0.107. The van der Waals surface area contributed by atoms with Gasteiger partial charge in [0.15, 0.2) is 0 Å². The predicted molar refractivity (Wildman–Crippen MR) is 52.6 cm³/mol. The first kappa shape index (κ1) is 11.2. The average Bonchev–Trinajstić information content (AvgIpc) is 2.13. The number of rotatable bonds is 2. The van der Waals surface area contributed by atoms with E-state index >= 15 is 0 Å². The summed E-state index contributed by atoms with van der Waals surface area (Å²) in [5.74, 6) is 0. The van der Waals surface area contributed by atoms with Crippen LogP contribution in [0.4, 0.5) is 0 Å². The zero-order chi connectivity index (χ0) is 9.40. The highest BCUT2D eigenvalue weighted by molar-refractivity contribution is 6.30. The molecule has 0 spiro atoms. The molecule has 66 valence electrons. The van der Waals surface area contributed by atoms with E-state index in [1.165, 1.54) is 0 Å². The molecule has 0 unspecified atom stereocenters. The number of aldehydes is 1. The van der Waals surface area contributed by atoms with E-state index in [1.807, 2.05) is 26.0 Å². The molecule has 0 bridgehead atoms. The third-order valence-electron chi connectivity index (χ3n) is 1.23. The second-order valence-corrected chi connectivity index (χ2v) is 2.43. The third-order valence-corrected chi connectivity index (χ3v) is 1.48. The summed E-state index contributed by atoms with van der Waals surface area (Å²) >= 11 is 5.62. The Balaban J connectivity index is 0.000000561. The fraction of sp³-hybridized carbons (Fsp3) is 0.300. The Kier molecular flexibility index (Phi) is 6.39. The van der Waals surface area contributed by atoms with E-state index in [-0.39, 0.29) is 0 Å². The fourth-order valence-corrected chi connectivity index (χ4v) is 0.843. The van der Waals surface area contributed by atoms with E-state index in [4.69, 9.17) is 11.6 Å². The van der Waals surface area contributed by atoms with E-state index in [9.17, 15) is 4.79 Å².